The second-order valence-electron chi connectivity index (χ2n) is 7.36. The minimum atomic E-state index is -0.732. The van der Waals surface area contributed by atoms with Crippen LogP contribution in [-0.2, 0) is 11.3 Å². The van der Waals surface area contributed by atoms with E-state index in [2.05, 4.69) is 16.0 Å². The van der Waals surface area contributed by atoms with Crippen molar-refractivity contribution in [2.24, 2.45) is 0 Å². The van der Waals surface area contributed by atoms with E-state index in [4.69, 9.17) is 5.73 Å². The summed E-state index contributed by atoms with van der Waals surface area (Å²) in [4.78, 5) is 46.0. The Hall–Kier alpha value is -3.84. The lowest BCUT2D eigenvalue weighted by Gasteiger charge is -2.23. The number of nitrogens with zero attached hydrogens (tertiary/aromatic N) is 4. The first-order valence-electron chi connectivity index (χ1n) is 10.2. The molecular formula is C23H24N6O3S. The molecule has 2 aromatic heterocycles. The van der Waals surface area contributed by atoms with Crippen molar-refractivity contribution < 1.29 is 4.79 Å². The maximum absolute atomic E-state index is 13.1. The van der Waals surface area contributed by atoms with Gasteiger partial charge in [0.25, 0.3) is 5.56 Å². The Morgan fingerprint density at radius 1 is 1.27 bits per heavy atom. The van der Waals surface area contributed by atoms with Gasteiger partial charge in [0.2, 0.25) is 5.91 Å². The zero-order chi connectivity index (χ0) is 24.1. The number of nitrogens with one attached hydrogen (secondary N) is 1. The van der Waals surface area contributed by atoms with Crippen LogP contribution in [0, 0.1) is 25.2 Å². The number of H-pyrrole nitrogens is 1. The molecule has 0 spiro atoms. The SMILES string of the molecule is CCN(C(=O)CSc1nc(C)cc(C)c1C#N)c1c(N)n(Cc2ccccc2)c(=O)[nH]c1=O. The highest BCUT2D eigenvalue weighted by atomic mass is 32.2. The largest absolute Gasteiger partial charge is 0.383 e. The average molecular weight is 465 g/mol. The molecule has 0 aliphatic rings. The number of hydrogen-bond acceptors (Lipinski definition) is 7. The van der Waals surface area contributed by atoms with Crippen molar-refractivity contribution in [1.29, 1.82) is 5.26 Å². The van der Waals surface area contributed by atoms with Crippen LogP contribution >= 0.6 is 11.8 Å². The number of aromatic nitrogens is 3. The predicted molar refractivity (Wildman–Crippen MR) is 128 cm³/mol. The van der Waals surface area contributed by atoms with Gasteiger partial charge in [-0.05, 0) is 38.0 Å². The highest BCUT2D eigenvalue weighted by Crippen LogP contribution is 2.25. The molecule has 1 amide bonds. The molecule has 2 heterocycles. The number of pyridine rings is 1. The van der Waals surface area contributed by atoms with Crippen LogP contribution in [0.5, 0.6) is 0 Å². The fourth-order valence-electron chi connectivity index (χ4n) is 3.47. The minimum Gasteiger partial charge on any atom is -0.383 e. The number of aromatic amines is 1. The molecule has 0 aliphatic carbocycles. The molecular weight excluding hydrogens is 440 g/mol. The van der Waals surface area contributed by atoms with E-state index in [1.54, 1.807) is 13.0 Å². The maximum Gasteiger partial charge on any atom is 0.330 e. The normalized spacial score (nSPS) is 10.6. The van der Waals surface area contributed by atoms with Gasteiger partial charge in [-0.2, -0.15) is 5.26 Å². The van der Waals surface area contributed by atoms with Gasteiger partial charge in [0, 0.05) is 12.2 Å². The van der Waals surface area contributed by atoms with E-state index in [1.165, 1.54) is 9.47 Å². The number of nitrogen functional groups attached to an aromatic ring is 1. The zero-order valence-electron chi connectivity index (χ0n) is 18.6. The van der Waals surface area contributed by atoms with Gasteiger partial charge >= 0.3 is 5.69 Å². The van der Waals surface area contributed by atoms with Gasteiger partial charge in [-0.15, -0.1) is 0 Å². The molecule has 0 bridgehead atoms. The van der Waals surface area contributed by atoms with Crippen LogP contribution in [0.2, 0.25) is 0 Å². The Kier molecular flexibility index (Phi) is 7.35. The minimum absolute atomic E-state index is 0.0604. The van der Waals surface area contributed by atoms with Gasteiger partial charge in [0.15, 0.2) is 5.69 Å². The Bertz CT molecular complexity index is 1340. The lowest BCUT2D eigenvalue weighted by molar-refractivity contribution is -0.116. The highest BCUT2D eigenvalue weighted by Gasteiger charge is 2.24. The lowest BCUT2D eigenvalue weighted by atomic mass is 10.1. The third-order valence-electron chi connectivity index (χ3n) is 5.04. The predicted octanol–water partition coefficient (Wildman–Crippen LogP) is 2.20. The molecule has 0 saturated carbocycles. The zero-order valence-corrected chi connectivity index (χ0v) is 19.4. The van der Waals surface area contributed by atoms with Gasteiger partial charge in [-0.3, -0.25) is 19.1 Å². The van der Waals surface area contributed by atoms with Crippen molar-refractivity contribution in [2.45, 2.75) is 32.3 Å². The van der Waals surface area contributed by atoms with Crippen molar-refractivity contribution in [3.8, 4) is 6.07 Å². The Balaban J connectivity index is 1.92. The number of carbonyl (C=O) groups is 1. The second-order valence-corrected chi connectivity index (χ2v) is 8.33. The van der Waals surface area contributed by atoms with Crippen LogP contribution in [0.4, 0.5) is 11.5 Å². The number of hydrogen-bond donors (Lipinski definition) is 2. The third kappa shape index (κ3) is 5.15. The number of nitrogens with two attached hydrogens (primary N) is 1. The molecule has 9 nitrogen and oxygen atoms in total. The fourth-order valence-corrected chi connectivity index (χ4v) is 4.45. The average Bonchev–Trinajstić information content (AvgIpc) is 2.78. The number of rotatable bonds is 7. The summed E-state index contributed by atoms with van der Waals surface area (Å²) in [5.74, 6) is -0.542. The van der Waals surface area contributed by atoms with Crippen LogP contribution in [0.1, 0.15) is 29.3 Å². The third-order valence-corrected chi connectivity index (χ3v) is 6.00. The van der Waals surface area contributed by atoms with Gasteiger partial charge in [0.1, 0.15) is 16.9 Å². The van der Waals surface area contributed by atoms with E-state index in [0.717, 1.165) is 28.6 Å². The maximum atomic E-state index is 13.1. The topological polar surface area (TPSA) is 138 Å². The Morgan fingerprint density at radius 2 is 1.97 bits per heavy atom. The standard InChI is InChI=1S/C23H24N6O3S/c1-4-28(18(30)13-33-22-17(11-24)14(2)10-15(3)26-22)19-20(25)29(23(32)27-21(19)31)12-16-8-6-5-7-9-16/h5-10H,4,12-13,25H2,1-3H3,(H,27,31,32). The smallest absolute Gasteiger partial charge is 0.330 e. The molecule has 0 fully saturated rings. The number of aryl methyl sites for hydroxylation is 2. The molecule has 0 unspecified atom stereocenters. The number of nitriles is 1. The molecule has 0 atom stereocenters. The van der Waals surface area contributed by atoms with Gasteiger partial charge in [-0.1, -0.05) is 42.1 Å². The molecule has 170 valence electrons. The molecule has 0 saturated heterocycles. The first-order valence-corrected chi connectivity index (χ1v) is 11.2. The van der Waals surface area contributed by atoms with Crippen LogP contribution < -0.4 is 21.9 Å². The van der Waals surface area contributed by atoms with Crippen molar-refractivity contribution in [1.82, 2.24) is 14.5 Å². The van der Waals surface area contributed by atoms with E-state index in [-0.39, 0.29) is 30.3 Å². The van der Waals surface area contributed by atoms with Crippen molar-refractivity contribution >= 4 is 29.2 Å². The summed E-state index contributed by atoms with van der Waals surface area (Å²) in [5, 5.41) is 9.90. The summed E-state index contributed by atoms with van der Waals surface area (Å²) < 4.78 is 1.23. The van der Waals surface area contributed by atoms with E-state index in [0.29, 0.717) is 10.6 Å². The van der Waals surface area contributed by atoms with Crippen LogP contribution in [0.15, 0.2) is 51.0 Å². The first-order chi connectivity index (χ1) is 15.8. The molecule has 3 rings (SSSR count). The quantitative estimate of drug-likeness (QED) is 0.511. The number of benzene rings is 1. The molecule has 1 aromatic carbocycles. The molecule has 3 N–H and O–H groups in total. The monoisotopic (exact) mass is 464 g/mol. The number of carbonyl (C=O) groups excluding carboxylic acids is 1. The Morgan fingerprint density at radius 3 is 2.61 bits per heavy atom. The molecule has 33 heavy (non-hydrogen) atoms. The van der Waals surface area contributed by atoms with E-state index in [9.17, 15) is 19.6 Å². The molecule has 0 radical (unpaired) electrons. The summed E-state index contributed by atoms with van der Waals surface area (Å²) in [7, 11) is 0. The summed E-state index contributed by atoms with van der Waals surface area (Å²) in [6, 6.07) is 13.1. The van der Waals surface area contributed by atoms with Crippen molar-refractivity contribution in [3.05, 3.63) is 79.6 Å². The van der Waals surface area contributed by atoms with Gasteiger partial charge in [0.05, 0.1) is 17.9 Å². The van der Waals surface area contributed by atoms with Crippen LogP contribution in [-0.4, -0.2) is 32.7 Å². The summed E-state index contributed by atoms with van der Waals surface area (Å²) in [5.41, 5.74) is 7.51. The van der Waals surface area contributed by atoms with E-state index in [1.807, 2.05) is 44.2 Å². The summed E-state index contributed by atoms with van der Waals surface area (Å²) in [6.07, 6.45) is 0. The van der Waals surface area contributed by atoms with E-state index < -0.39 is 17.2 Å². The molecule has 3 aromatic rings. The number of amides is 1. The van der Waals surface area contributed by atoms with Crippen LogP contribution in [0.25, 0.3) is 0 Å². The van der Waals surface area contributed by atoms with Crippen molar-refractivity contribution in [3.63, 3.8) is 0 Å². The highest BCUT2D eigenvalue weighted by molar-refractivity contribution is 8.00. The summed E-state index contributed by atoms with van der Waals surface area (Å²) in [6.45, 7) is 5.65. The molecule has 10 heteroatoms. The fraction of sp³-hybridized carbons (Fsp3) is 0.261. The second kappa shape index (κ2) is 10.2. The van der Waals surface area contributed by atoms with Gasteiger partial charge in [-0.25, -0.2) is 9.78 Å². The van der Waals surface area contributed by atoms with Crippen molar-refractivity contribution in [2.75, 3.05) is 22.9 Å². The Labute approximate surface area is 194 Å². The first kappa shape index (κ1) is 23.8. The number of thioether (sulfide) groups is 1. The van der Waals surface area contributed by atoms with E-state index >= 15 is 0 Å². The van der Waals surface area contributed by atoms with Gasteiger partial charge < -0.3 is 10.6 Å². The van der Waals surface area contributed by atoms with Crippen LogP contribution in [0.3, 0.4) is 0 Å². The number of anilines is 2. The summed E-state index contributed by atoms with van der Waals surface area (Å²) >= 11 is 1.12. The molecule has 0 aliphatic heterocycles. The lowest BCUT2D eigenvalue weighted by Crippen LogP contribution is -2.41.